The predicted molar refractivity (Wildman–Crippen MR) is 69.5 cm³/mol. The fourth-order valence-corrected chi connectivity index (χ4v) is 2.68. The first-order valence-corrected chi connectivity index (χ1v) is 6.40. The second-order valence-electron chi connectivity index (χ2n) is 3.19. The Morgan fingerprint density at radius 3 is 2.71 bits per heavy atom. The molecule has 2 aromatic rings. The van der Waals surface area contributed by atoms with E-state index in [-0.39, 0.29) is 5.56 Å². The SMILES string of the molecule is O=C(O)c1ccccc1Sc1ncccc1Br. The van der Waals surface area contributed by atoms with Gasteiger partial charge in [-0.2, -0.15) is 0 Å². The Bertz CT molecular complexity index is 560. The predicted octanol–water partition coefficient (Wildman–Crippen LogP) is 3.69. The van der Waals surface area contributed by atoms with Gasteiger partial charge in [0.15, 0.2) is 0 Å². The zero-order valence-corrected chi connectivity index (χ0v) is 11.0. The van der Waals surface area contributed by atoms with E-state index in [1.54, 1.807) is 24.4 Å². The van der Waals surface area contributed by atoms with E-state index in [1.165, 1.54) is 11.8 Å². The van der Waals surface area contributed by atoms with Crippen molar-refractivity contribution < 1.29 is 9.90 Å². The molecule has 0 amide bonds. The van der Waals surface area contributed by atoms with E-state index in [1.807, 2.05) is 18.2 Å². The van der Waals surface area contributed by atoms with Crippen molar-refractivity contribution in [2.75, 3.05) is 0 Å². The Kier molecular flexibility index (Phi) is 3.81. The number of nitrogens with zero attached hydrogens (tertiary/aromatic N) is 1. The number of aromatic carboxylic acids is 1. The molecule has 0 radical (unpaired) electrons. The summed E-state index contributed by atoms with van der Waals surface area (Å²) in [4.78, 5) is 15.9. The molecule has 1 aromatic carbocycles. The first kappa shape index (κ1) is 12.1. The quantitative estimate of drug-likeness (QED) is 0.939. The summed E-state index contributed by atoms with van der Waals surface area (Å²) >= 11 is 4.71. The number of aromatic nitrogens is 1. The molecule has 1 N–H and O–H groups in total. The van der Waals surface area contributed by atoms with Crippen molar-refractivity contribution in [1.29, 1.82) is 0 Å². The summed E-state index contributed by atoms with van der Waals surface area (Å²) in [6, 6.07) is 10.6. The van der Waals surface area contributed by atoms with Crippen LogP contribution < -0.4 is 0 Å². The van der Waals surface area contributed by atoms with Crippen LogP contribution in [-0.4, -0.2) is 16.1 Å². The molecule has 0 aliphatic carbocycles. The molecule has 0 saturated carbocycles. The second kappa shape index (κ2) is 5.33. The van der Waals surface area contributed by atoms with Crippen LogP contribution in [0.2, 0.25) is 0 Å². The fraction of sp³-hybridized carbons (Fsp3) is 0. The summed E-state index contributed by atoms with van der Waals surface area (Å²) < 4.78 is 0.852. The Morgan fingerprint density at radius 1 is 1.24 bits per heavy atom. The molecule has 86 valence electrons. The van der Waals surface area contributed by atoms with Crippen molar-refractivity contribution in [2.24, 2.45) is 0 Å². The molecule has 1 aromatic heterocycles. The Balaban J connectivity index is 2.37. The summed E-state index contributed by atoms with van der Waals surface area (Å²) in [7, 11) is 0. The highest BCUT2D eigenvalue weighted by Gasteiger charge is 2.11. The van der Waals surface area contributed by atoms with Gasteiger partial charge >= 0.3 is 5.97 Å². The Hall–Kier alpha value is -1.33. The summed E-state index contributed by atoms with van der Waals surface area (Å²) in [5.74, 6) is -0.930. The van der Waals surface area contributed by atoms with Crippen molar-refractivity contribution in [3.63, 3.8) is 0 Å². The van der Waals surface area contributed by atoms with Gasteiger partial charge < -0.3 is 5.11 Å². The molecule has 0 atom stereocenters. The molecule has 1 heterocycles. The van der Waals surface area contributed by atoms with Crippen LogP contribution in [0.1, 0.15) is 10.4 Å². The molecule has 0 fully saturated rings. The minimum Gasteiger partial charge on any atom is -0.478 e. The van der Waals surface area contributed by atoms with Gasteiger partial charge in [-0.05, 0) is 40.2 Å². The maximum Gasteiger partial charge on any atom is 0.336 e. The molecule has 0 unspecified atom stereocenters. The highest BCUT2D eigenvalue weighted by molar-refractivity contribution is 9.10. The topological polar surface area (TPSA) is 50.2 Å². The normalized spacial score (nSPS) is 10.2. The highest BCUT2D eigenvalue weighted by Crippen LogP contribution is 2.33. The average molecular weight is 310 g/mol. The van der Waals surface area contributed by atoms with E-state index in [9.17, 15) is 4.79 Å². The zero-order chi connectivity index (χ0) is 12.3. The molecule has 0 saturated heterocycles. The minimum atomic E-state index is -0.930. The first-order valence-electron chi connectivity index (χ1n) is 4.79. The number of carbonyl (C=O) groups is 1. The van der Waals surface area contributed by atoms with Crippen LogP contribution in [0.3, 0.4) is 0 Å². The van der Waals surface area contributed by atoms with Gasteiger partial charge in [-0.3, -0.25) is 0 Å². The molecular weight excluding hydrogens is 302 g/mol. The van der Waals surface area contributed by atoms with E-state index >= 15 is 0 Å². The third-order valence-electron chi connectivity index (χ3n) is 2.05. The largest absolute Gasteiger partial charge is 0.478 e. The summed E-state index contributed by atoms with van der Waals surface area (Å²) in [5.41, 5.74) is 0.287. The number of rotatable bonds is 3. The van der Waals surface area contributed by atoms with Crippen molar-refractivity contribution in [3.05, 3.63) is 52.6 Å². The molecule has 2 rings (SSSR count). The molecule has 0 bridgehead atoms. The first-order chi connectivity index (χ1) is 8.18. The fourth-order valence-electron chi connectivity index (χ4n) is 1.28. The maximum atomic E-state index is 11.1. The number of hydrogen-bond donors (Lipinski definition) is 1. The third kappa shape index (κ3) is 2.87. The van der Waals surface area contributed by atoms with E-state index in [0.717, 1.165) is 9.50 Å². The van der Waals surface area contributed by atoms with Crippen LogP contribution in [0, 0.1) is 0 Å². The number of carboxylic acids is 1. The lowest BCUT2D eigenvalue weighted by Gasteiger charge is -2.05. The molecule has 0 aliphatic rings. The van der Waals surface area contributed by atoms with E-state index < -0.39 is 5.97 Å². The zero-order valence-electron chi connectivity index (χ0n) is 8.63. The van der Waals surface area contributed by atoms with E-state index in [4.69, 9.17) is 5.11 Å². The average Bonchev–Trinajstić information content (AvgIpc) is 2.32. The number of benzene rings is 1. The third-order valence-corrected chi connectivity index (χ3v) is 4.05. The molecular formula is C12H8BrNO2S. The van der Waals surface area contributed by atoms with Crippen LogP contribution in [0.5, 0.6) is 0 Å². The van der Waals surface area contributed by atoms with Crippen molar-refractivity contribution in [1.82, 2.24) is 4.98 Å². The monoisotopic (exact) mass is 309 g/mol. The number of pyridine rings is 1. The van der Waals surface area contributed by atoms with Gasteiger partial charge in [0.1, 0.15) is 5.03 Å². The molecule has 5 heteroatoms. The van der Waals surface area contributed by atoms with Crippen molar-refractivity contribution in [3.8, 4) is 0 Å². The smallest absolute Gasteiger partial charge is 0.336 e. The van der Waals surface area contributed by atoms with Gasteiger partial charge in [-0.15, -0.1) is 0 Å². The van der Waals surface area contributed by atoms with Gasteiger partial charge in [0.05, 0.1) is 10.0 Å². The van der Waals surface area contributed by atoms with Crippen LogP contribution in [0.4, 0.5) is 0 Å². The van der Waals surface area contributed by atoms with E-state index in [0.29, 0.717) is 4.90 Å². The van der Waals surface area contributed by atoms with Gasteiger partial charge in [0, 0.05) is 11.1 Å². The van der Waals surface area contributed by atoms with Crippen LogP contribution >= 0.6 is 27.7 Å². The Morgan fingerprint density at radius 2 is 2.00 bits per heavy atom. The number of carboxylic acid groups (broad SMARTS) is 1. The molecule has 3 nitrogen and oxygen atoms in total. The summed E-state index contributed by atoms with van der Waals surface area (Å²) in [6.07, 6.45) is 1.68. The Labute approximate surface area is 111 Å². The van der Waals surface area contributed by atoms with Crippen LogP contribution in [-0.2, 0) is 0 Å². The van der Waals surface area contributed by atoms with E-state index in [2.05, 4.69) is 20.9 Å². The number of hydrogen-bond acceptors (Lipinski definition) is 3. The second-order valence-corrected chi connectivity index (χ2v) is 5.08. The lowest BCUT2D eigenvalue weighted by molar-refractivity contribution is 0.0693. The van der Waals surface area contributed by atoms with Crippen LogP contribution in [0.25, 0.3) is 0 Å². The van der Waals surface area contributed by atoms with Gasteiger partial charge in [-0.1, -0.05) is 23.9 Å². The number of halogens is 1. The van der Waals surface area contributed by atoms with Crippen LogP contribution in [0.15, 0.2) is 57.0 Å². The maximum absolute atomic E-state index is 11.1. The lowest BCUT2D eigenvalue weighted by Crippen LogP contribution is -1.98. The van der Waals surface area contributed by atoms with Gasteiger partial charge in [0.2, 0.25) is 0 Å². The lowest BCUT2D eigenvalue weighted by atomic mass is 10.2. The minimum absolute atomic E-state index is 0.287. The summed E-state index contributed by atoms with van der Waals surface area (Å²) in [6.45, 7) is 0. The summed E-state index contributed by atoms with van der Waals surface area (Å²) in [5, 5.41) is 9.82. The standard InChI is InChI=1S/C12H8BrNO2S/c13-9-5-3-7-14-11(9)17-10-6-2-1-4-8(10)12(15)16/h1-7H,(H,15,16). The van der Waals surface area contributed by atoms with Crippen molar-refractivity contribution in [2.45, 2.75) is 9.92 Å². The molecule has 0 aliphatic heterocycles. The molecule has 17 heavy (non-hydrogen) atoms. The van der Waals surface area contributed by atoms with Crippen molar-refractivity contribution >= 4 is 33.7 Å². The van der Waals surface area contributed by atoms with Gasteiger partial charge in [0.25, 0.3) is 0 Å². The highest BCUT2D eigenvalue weighted by atomic mass is 79.9. The van der Waals surface area contributed by atoms with Gasteiger partial charge in [-0.25, -0.2) is 9.78 Å². The molecule has 0 spiro atoms.